The van der Waals surface area contributed by atoms with Crippen LogP contribution in [0.4, 0.5) is 10.2 Å². The summed E-state index contributed by atoms with van der Waals surface area (Å²) >= 11 is 0. The van der Waals surface area contributed by atoms with Crippen molar-refractivity contribution in [2.75, 3.05) is 18.0 Å². The van der Waals surface area contributed by atoms with Crippen molar-refractivity contribution in [3.63, 3.8) is 0 Å². The Morgan fingerprint density at radius 1 is 1.09 bits per heavy atom. The van der Waals surface area contributed by atoms with Gasteiger partial charge >= 0.3 is 0 Å². The molecule has 0 aliphatic carbocycles. The summed E-state index contributed by atoms with van der Waals surface area (Å²) in [6, 6.07) is 14.8. The smallest absolute Gasteiger partial charge is 0.169 e. The van der Waals surface area contributed by atoms with Crippen LogP contribution in [-0.2, 0) is 0 Å². The molecule has 1 aliphatic heterocycles. The van der Waals surface area contributed by atoms with Crippen LogP contribution in [0, 0.1) is 11.7 Å². The number of pyridine rings is 1. The highest BCUT2D eigenvalue weighted by Crippen LogP contribution is 2.34. The Morgan fingerprint density at radius 3 is 2.78 bits per heavy atom. The Morgan fingerprint density at radius 2 is 1.97 bits per heavy atom. The molecule has 1 saturated heterocycles. The van der Waals surface area contributed by atoms with Crippen molar-refractivity contribution in [1.29, 1.82) is 0 Å². The lowest BCUT2D eigenvalue weighted by Gasteiger charge is -2.33. The molecule has 160 valence electrons. The van der Waals surface area contributed by atoms with Gasteiger partial charge < -0.3 is 10.0 Å². The highest BCUT2D eigenvalue weighted by atomic mass is 19.1. The summed E-state index contributed by atoms with van der Waals surface area (Å²) in [5.74, 6) is 0.462. The third-order valence-corrected chi connectivity index (χ3v) is 5.82. The topological polar surface area (TPSA) is 79.2 Å². The minimum Gasteiger partial charge on any atom is -0.507 e. The zero-order valence-corrected chi connectivity index (χ0v) is 17.3. The number of aromatic nitrogens is 3. The molecule has 2 aromatic carbocycles. The lowest BCUT2D eigenvalue weighted by atomic mass is 9.90. The van der Waals surface area contributed by atoms with Crippen LogP contribution in [0.2, 0.25) is 0 Å². The average molecular weight is 428 g/mol. The monoisotopic (exact) mass is 428 g/mol. The molecule has 1 fully saturated rings. The summed E-state index contributed by atoms with van der Waals surface area (Å²) < 4.78 is 14.1. The number of fused-ring (bicyclic) bond motifs is 1. The molecule has 1 aliphatic rings. The molecule has 1 atom stereocenters. The molecular weight excluding hydrogens is 407 g/mol. The molecule has 4 aromatic rings. The Labute approximate surface area is 184 Å². The number of ketones is 1. The van der Waals surface area contributed by atoms with Crippen molar-refractivity contribution in [2.24, 2.45) is 5.92 Å². The Hall–Kier alpha value is -3.87. The number of carbonyl (C=O) groups excluding carboxylic acids is 1. The number of halogens is 1. The summed E-state index contributed by atoms with van der Waals surface area (Å²) in [5.41, 5.74) is 1.67. The number of para-hydroxylation sites is 1. The summed E-state index contributed by atoms with van der Waals surface area (Å²) in [6.07, 6.45) is 4.82. The first-order valence-corrected chi connectivity index (χ1v) is 10.5. The van der Waals surface area contributed by atoms with Crippen LogP contribution in [0.5, 0.6) is 5.75 Å². The fourth-order valence-electron chi connectivity index (χ4n) is 4.24. The van der Waals surface area contributed by atoms with Crippen LogP contribution in [-0.4, -0.2) is 38.9 Å². The van der Waals surface area contributed by atoms with Gasteiger partial charge in [-0.1, -0.05) is 12.1 Å². The Balaban J connectivity index is 1.57. The molecule has 0 saturated carbocycles. The van der Waals surface area contributed by atoms with E-state index >= 15 is 0 Å². The maximum absolute atomic E-state index is 14.1. The maximum atomic E-state index is 14.1. The minimum atomic E-state index is -0.377. The Kier molecular flexibility index (Phi) is 5.23. The molecular formula is C25H21FN4O2. The SMILES string of the molecule is O=C(c1cccnc1)C1CCCN(c2nc(-c3ccccc3O)nc3ccc(F)cc23)C1. The van der Waals surface area contributed by atoms with E-state index in [2.05, 4.69) is 9.97 Å². The van der Waals surface area contributed by atoms with Gasteiger partial charge in [-0.15, -0.1) is 0 Å². The van der Waals surface area contributed by atoms with Crippen LogP contribution in [0.25, 0.3) is 22.3 Å². The van der Waals surface area contributed by atoms with Crippen LogP contribution >= 0.6 is 0 Å². The van der Waals surface area contributed by atoms with E-state index in [0.717, 1.165) is 12.8 Å². The van der Waals surface area contributed by atoms with Gasteiger partial charge in [-0.05, 0) is 55.3 Å². The second kappa shape index (κ2) is 8.34. The zero-order chi connectivity index (χ0) is 22.1. The second-order valence-corrected chi connectivity index (χ2v) is 7.94. The van der Waals surface area contributed by atoms with E-state index in [-0.39, 0.29) is 23.3 Å². The van der Waals surface area contributed by atoms with Crippen molar-refractivity contribution in [2.45, 2.75) is 12.8 Å². The van der Waals surface area contributed by atoms with Crippen molar-refractivity contribution >= 4 is 22.5 Å². The molecule has 2 aromatic heterocycles. The number of phenolic OH excluding ortho intramolecular Hbond substituents is 1. The number of piperidine rings is 1. The fourth-order valence-corrected chi connectivity index (χ4v) is 4.24. The molecule has 7 heteroatoms. The molecule has 5 rings (SSSR count). The van der Waals surface area contributed by atoms with Gasteiger partial charge in [0.05, 0.1) is 11.1 Å². The molecule has 0 bridgehead atoms. The highest BCUT2D eigenvalue weighted by molar-refractivity contribution is 5.98. The van der Waals surface area contributed by atoms with Crippen LogP contribution in [0.3, 0.4) is 0 Å². The predicted octanol–water partition coefficient (Wildman–Crippen LogP) is 4.64. The average Bonchev–Trinajstić information content (AvgIpc) is 2.84. The number of nitrogens with zero attached hydrogens (tertiary/aromatic N) is 4. The summed E-state index contributed by atoms with van der Waals surface area (Å²) in [4.78, 5) is 28.4. The van der Waals surface area contributed by atoms with Gasteiger partial charge in [0.2, 0.25) is 0 Å². The lowest BCUT2D eigenvalue weighted by Crippen LogP contribution is -2.39. The highest BCUT2D eigenvalue weighted by Gasteiger charge is 2.29. The van der Waals surface area contributed by atoms with Crippen molar-refractivity contribution in [3.05, 3.63) is 78.4 Å². The van der Waals surface area contributed by atoms with Gasteiger partial charge in [0.15, 0.2) is 11.6 Å². The van der Waals surface area contributed by atoms with E-state index in [1.54, 1.807) is 54.9 Å². The van der Waals surface area contributed by atoms with Gasteiger partial charge in [0.25, 0.3) is 0 Å². The predicted molar refractivity (Wildman–Crippen MR) is 120 cm³/mol. The largest absolute Gasteiger partial charge is 0.507 e. The van der Waals surface area contributed by atoms with E-state index in [1.165, 1.54) is 12.1 Å². The molecule has 32 heavy (non-hydrogen) atoms. The summed E-state index contributed by atoms with van der Waals surface area (Å²) in [7, 11) is 0. The zero-order valence-electron chi connectivity index (χ0n) is 17.3. The Bertz CT molecular complexity index is 1300. The standard InChI is InChI=1S/C25H21FN4O2/c26-18-9-10-21-20(13-18)25(29-24(28-21)19-7-1-2-8-22(19)31)30-12-4-6-17(15-30)23(32)16-5-3-11-27-14-16/h1-3,5,7-11,13-14,17,31H,4,6,12,15H2. The van der Waals surface area contributed by atoms with Crippen LogP contribution < -0.4 is 4.90 Å². The minimum absolute atomic E-state index is 0.0493. The number of rotatable bonds is 4. The number of hydrogen-bond donors (Lipinski definition) is 1. The fraction of sp³-hybridized carbons (Fsp3) is 0.200. The van der Waals surface area contributed by atoms with E-state index in [9.17, 15) is 14.3 Å². The first-order chi connectivity index (χ1) is 15.6. The third-order valence-electron chi connectivity index (χ3n) is 5.82. The van der Waals surface area contributed by atoms with E-state index in [1.807, 2.05) is 4.90 Å². The summed E-state index contributed by atoms with van der Waals surface area (Å²) in [6.45, 7) is 1.16. The lowest BCUT2D eigenvalue weighted by molar-refractivity contribution is 0.0906. The van der Waals surface area contributed by atoms with Crippen LogP contribution in [0.15, 0.2) is 67.0 Å². The van der Waals surface area contributed by atoms with Crippen molar-refractivity contribution in [3.8, 4) is 17.1 Å². The quantitative estimate of drug-likeness (QED) is 0.477. The van der Waals surface area contributed by atoms with Gasteiger partial charge in [-0.25, -0.2) is 14.4 Å². The molecule has 0 spiro atoms. The number of carbonyl (C=O) groups is 1. The maximum Gasteiger partial charge on any atom is 0.169 e. The second-order valence-electron chi connectivity index (χ2n) is 7.94. The molecule has 6 nitrogen and oxygen atoms in total. The van der Waals surface area contributed by atoms with E-state index < -0.39 is 0 Å². The van der Waals surface area contributed by atoms with E-state index in [0.29, 0.717) is 46.8 Å². The normalized spacial score (nSPS) is 16.3. The number of hydrogen-bond acceptors (Lipinski definition) is 6. The number of aromatic hydroxyl groups is 1. The first-order valence-electron chi connectivity index (χ1n) is 10.5. The van der Waals surface area contributed by atoms with Gasteiger partial charge in [0.1, 0.15) is 17.4 Å². The molecule has 0 radical (unpaired) electrons. The van der Waals surface area contributed by atoms with Crippen LogP contribution in [0.1, 0.15) is 23.2 Å². The van der Waals surface area contributed by atoms with Gasteiger partial charge in [0, 0.05) is 42.4 Å². The molecule has 1 N–H and O–H groups in total. The van der Waals surface area contributed by atoms with E-state index in [4.69, 9.17) is 4.98 Å². The van der Waals surface area contributed by atoms with Crippen molar-refractivity contribution in [1.82, 2.24) is 15.0 Å². The molecule has 0 amide bonds. The van der Waals surface area contributed by atoms with Gasteiger partial charge in [-0.3, -0.25) is 9.78 Å². The van der Waals surface area contributed by atoms with Gasteiger partial charge in [-0.2, -0.15) is 0 Å². The first kappa shape index (κ1) is 20.1. The third kappa shape index (κ3) is 3.77. The van der Waals surface area contributed by atoms with Crippen molar-refractivity contribution < 1.29 is 14.3 Å². The number of Topliss-reactive ketones (excluding diaryl/α,β-unsaturated/α-hetero) is 1. The molecule has 1 unspecified atom stereocenters. The molecule has 3 heterocycles. The number of anilines is 1. The number of phenols is 1. The number of benzene rings is 2. The summed E-state index contributed by atoms with van der Waals surface area (Å²) in [5, 5.41) is 10.9.